The summed E-state index contributed by atoms with van der Waals surface area (Å²) in [5.74, 6) is 0. The third-order valence-corrected chi connectivity index (χ3v) is 8.33. The highest BCUT2D eigenvalue weighted by atomic mass is 14.3. The molecule has 0 unspecified atom stereocenters. The number of hydrogen-bond acceptors (Lipinski definition) is 1. The lowest BCUT2D eigenvalue weighted by atomic mass is 9.79. The van der Waals surface area contributed by atoms with Gasteiger partial charge in [-0.25, -0.2) is 0 Å². The van der Waals surface area contributed by atoms with Gasteiger partial charge in [0.1, 0.15) is 0 Å². The van der Waals surface area contributed by atoms with Crippen LogP contribution in [0.4, 0.5) is 0 Å². The number of hydrogen-bond donors (Lipinski definition) is 0. The molecule has 0 aliphatic rings. The average Bonchev–Trinajstić information content (AvgIpc) is 2.95. The maximum atomic E-state index is 9.84. The zero-order valence-electron chi connectivity index (χ0n) is 19.3. The van der Waals surface area contributed by atoms with Crippen LogP contribution < -0.4 is 0 Å². The van der Waals surface area contributed by atoms with Gasteiger partial charge in [-0.3, -0.25) is 0 Å². The van der Waals surface area contributed by atoms with E-state index >= 15 is 0 Å². The molecule has 0 aromatic heterocycles. The van der Waals surface area contributed by atoms with E-state index < -0.39 is 0 Å². The van der Waals surface area contributed by atoms with Crippen molar-refractivity contribution < 1.29 is 0 Å². The second-order valence-corrected chi connectivity index (χ2v) is 9.92. The minimum Gasteiger partial charge on any atom is -0.192 e. The number of nitrogens with zero attached hydrogens (tertiary/aromatic N) is 1. The van der Waals surface area contributed by atoms with E-state index in [9.17, 15) is 5.26 Å². The summed E-state index contributed by atoms with van der Waals surface area (Å²) in [5, 5.41) is 30.4. The highest BCUT2D eigenvalue weighted by molar-refractivity contribution is 6.52. The fourth-order valence-corrected chi connectivity index (χ4v) is 7.03. The smallest absolute Gasteiger partial charge is 0.0991 e. The van der Waals surface area contributed by atoms with Gasteiger partial charge in [0, 0.05) is 0 Å². The SMILES string of the molecule is N#Cc1ccc2c(c1)c1c3ccccc3c3cccc4c5cccc6c7ccccc7c2c(c65)c1c34. The Morgan fingerprint density at radius 2 is 0.694 bits per heavy atom. The molecule has 0 saturated heterocycles. The van der Waals surface area contributed by atoms with Crippen molar-refractivity contribution >= 4 is 86.2 Å². The Labute approximate surface area is 206 Å². The second-order valence-electron chi connectivity index (χ2n) is 9.92. The van der Waals surface area contributed by atoms with Crippen LogP contribution in [0.15, 0.2) is 103 Å². The Morgan fingerprint density at radius 3 is 1.17 bits per heavy atom. The lowest BCUT2D eigenvalue weighted by Crippen LogP contribution is -1.95. The summed E-state index contributed by atoms with van der Waals surface area (Å²) in [4.78, 5) is 0. The highest BCUT2D eigenvalue weighted by Gasteiger charge is 2.24. The van der Waals surface area contributed by atoms with E-state index in [4.69, 9.17) is 0 Å². The molecule has 9 aromatic rings. The molecule has 9 aromatic carbocycles. The molecule has 0 saturated carbocycles. The zero-order valence-corrected chi connectivity index (χ0v) is 19.3. The largest absolute Gasteiger partial charge is 0.192 e. The molecule has 0 amide bonds. The van der Waals surface area contributed by atoms with Crippen LogP contribution in [0.5, 0.6) is 0 Å². The van der Waals surface area contributed by atoms with Crippen LogP contribution in [0.25, 0.3) is 86.2 Å². The molecule has 0 fully saturated rings. The lowest BCUT2D eigenvalue weighted by Gasteiger charge is -2.23. The number of nitriles is 1. The third kappa shape index (κ3) is 1.96. The highest BCUT2D eigenvalue weighted by Crippen LogP contribution is 2.52. The first-order valence-electron chi connectivity index (χ1n) is 12.4. The molecular formula is C35H17N. The maximum Gasteiger partial charge on any atom is 0.0991 e. The molecule has 162 valence electrons. The molecule has 1 nitrogen and oxygen atoms in total. The van der Waals surface area contributed by atoms with Crippen molar-refractivity contribution in [3.8, 4) is 6.07 Å². The Kier molecular flexibility index (Phi) is 3.16. The normalized spacial score (nSPS) is 12.4. The van der Waals surface area contributed by atoms with Crippen LogP contribution in [-0.4, -0.2) is 0 Å². The molecule has 0 atom stereocenters. The molecular weight excluding hydrogens is 434 g/mol. The van der Waals surface area contributed by atoms with E-state index in [1.54, 1.807) is 0 Å². The average molecular weight is 452 g/mol. The summed E-state index contributed by atoms with van der Waals surface area (Å²) in [6.45, 7) is 0. The zero-order chi connectivity index (χ0) is 23.5. The maximum absolute atomic E-state index is 9.84. The summed E-state index contributed by atoms with van der Waals surface area (Å²) >= 11 is 0. The van der Waals surface area contributed by atoms with Crippen molar-refractivity contribution in [2.45, 2.75) is 0 Å². The van der Waals surface area contributed by atoms with Crippen LogP contribution in [0, 0.1) is 11.3 Å². The van der Waals surface area contributed by atoms with Gasteiger partial charge < -0.3 is 0 Å². The van der Waals surface area contributed by atoms with Gasteiger partial charge in [-0.05, 0) is 98.3 Å². The van der Waals surface area contributed by atoms with E-state index in [2.05, 4.69) is 103 Å². The van der Waals surface area contributed by atoms with Crippen LogP contribution in [0.3, 0.4) is 0 Å². The molecule has 0 bridgehead atoms. The fourth-order valence-electron chi connectivity index (χ4n) is 7.03. The molecule has 0 aliphatic heterocycles. The van der Waals surface area contributed by atoms with E-state index in [0.29, 0.717) is 5.56 Å². The van der Waals surface area contributed by atoms with Gasteiger partial charge in [0.15, 0.2) is 0 Å². The summed E-state index contributed by atoms with van der Waals surface area (Å²) in [7, 11) is 0. The van der Waals surface area contributed by atoms with Gasteiger partial charge in [-0.15, -0.1) is 0 Å². The predicted molar refractivity (Wildman–Crippen MR) is 154 cm³/mol. The van der Waals surface area contributed by atoms with E-state index in [1.165, 1.54) is 80.8 Å². The van der Waals surface area contributed by atoms with Crippen molar-refractivity contribution in [1.82, 2.24) is 0 Å². The number of rotatable bonds is 0. The monoisotopic (exact) mass is 451 g/mol. The Morgan fingerprint density at radius 1 is 0.333 bits per heavy atom. The van der Waals surface area contributed by atoms with Gasteiger partial charge in [0.25, 0.3) is 0 Å². The summed E-state index contributed by atoms with van der Waals surface area (Å²) < 4.78 is 0. The molecule has 0 spiro atoms. The predicted octanol–water partition coefficient (Wildman–Crippen LogP) is 9.66. The van der Waals surface area contributed by atoms with Crippen molar-refractivity contribution in [1.29, 1.82) is 5.26 Å². The standard InChI is InChI=1S/C35H17N/c36-18-19-15-16-28-29(17-19)33-23-10-4-2-8-21(23)25-12-6-14-27-26-13-5-11-24-20-7-1-3-9-22(20)32(28)34(30(24)26)35(33)31(25)27/h1-17H. The summed E-state index contributed by atoms with van der Waals surface area (Å²) in [5.41, 5.74) is 0.698. The molecule has 9 rings (SSSR count). The summed E-state index contributed by atoms with van der Waals surface area (Å²) in [6, 6.07) is 39.7. The minimum atomic E-state index is 0.698. The minimum absolute atomic E-state index is 0.698. The van der Waals surface area contributed by atoms with E-state index in [0.717, 1.165) is 5.39 Å². The van der Waals surface area contributed by atoms with Crippen LogP contribution >= 0.6 is 0 Å². The number of fused-ring (bicyclic) bond motifs is 10. The van der Waals surface area contributed by atoms with Crippen LogP contribution in [0.2, 0.25) is 0 Å². The Balaban J connectivity index is 1.84. The first-order valence-corrected chi connectivity index (χ1v) is 12.4. The van der Waals surface area contributed by atoms with Gasteiger partial charge in [0.05, 0.1) is 11.6 Å². The van der Waals surface area contributed by atoms with Crippen LogP contribution in [0.1, 0.15) is 5.56 Å². The molecule has 0 aliphatic carbocycles. The van der Waals surface area contributed by atoms with Crippen molar-refractivity contribution in [2.24, 2.45) is 0 Å². The first kappa shape index (κ1) is 18.4. The van der Waals surface area contributed by atoms with Crippen LogP contribution in [-0.2, 0) is 0 Å². The summed E-state index contributed by atoms with van der Waals surface area (Å²) in [6.07, 6.45) is 0. The van der Waals surface area contributed by atoms with Gasteiger partial charge in [0.2, 0.25) is 0 Å². The molecule has 0 heterocycles. The van der Waals surface area contributed by atoms with Crippen molar-refractivity contribution in [3.05, 3.63) is 109 Å². The molecule has 36 heavy (non-hydrogen) atoms. The van der Waals surface area contributed by atoms with Crippen molar-refractivity contribution in [2.75, 3.05) is 0 Å². The third-order valence-electron chi connectivity index (χ3n) is 8.33. The van der Waals surface area contributed by atoms with Gasteiger partial charge in [-0.1, -0.05) is 91.0 Å². The topological polar surface area (TPSA) is 23.8 Å². The molecule has 1 heteroatoms. The van der Waals surface area contributed by atoms with Gasteiger partial charge >= 0.3 is 0 Å². The lowest BCUT2D eigenvalue weighted by molar-refractivity contribution is 1.50. The molecule has 0 radical (unpaired) electrons. The Bertz CT molecular complexity index is 2420. The van der Waals surface area contributed by atoms with Crippen molar-refractivity contribution in [3.63, 3.8) is 0 Å². The first-order chi connectivity index (χ1) is 17.8. The number of benzene rings is 9. The Hall–Kier alpha value is -4.93. The quantitative estimate of drug-likeness (QED) is 0.166. The fraction of sp³-hybridized carbons (Fsp3) is 0. The van der Waals surface area contributed by atoms with Gasteiger partial charge in [-0.2, -0.15) is 5.26 Å². The molecule has 0 N–H and O–H groups in total. The van der Waals surface area contributed by atoms with E-state index in [-0.39, 0.29) is 0 Å². The van der Waals surface area contributed by atoms with E-state index in [1.807, 2.05) is 6.07 Å². The second kappa shape index (κ2) is 6.19.